The second kappa shape index (κ2) is 4.00. The van der Waals surface area contributed by atoms with Crippen molar-refractivity contribution in [2.75, 3.05) is 0 Å². The molecule has 1 nitrogen and oxygen atoms in total. The summed E-state index contributed by atoms with van der Waals surface area (Å²) in [6.45, 7) is 8.83. The Balaban J connectivity index is 2.60. The van der Waals surface area contributed by atoms with E-state index < -0.39 is 0 Å². The standard InChI is InChI=1S/C12H24O/c1-9(2)11-6-5-7-12(13,8-11)10(3)4/h9-11,13H,5-8H2,1-4H3. The summed E-state index contributed by atoms with van der Waals surface area (Å²) in [6, 6.07) is 0. The summed E-state index contributed by atoms with van der Waals surface area (Å²) in [5, 5.41) is 10.4. The summed E-state index contributed by atoms with van der Waals surface area (Å²) in [7, 11) is 0. The van der Waals surface area contributed by atoms with Gasteiger partial charge in [0, 0.05) is 0 Å². The molecule has 0 heterocycles. The van der Waals surface area contributed by atoms with Crippen LogP contribution in [0.2, 0.25) is 0 Å². The Bertz CT molecular complexity index is 163. The first-order chi connectivity index (χ1) is 5.96. The molecule has 1 rings (SSSR count). The van der Waals surface area contributed by atoms with Gasteiger partial charge in [0.25, 0.3) is 0 Å². The lowest BCUT2D eigenvalue weighted by Crippen LogP contribution is -2.41. The number of hydrogen-bond acceptors (Lipinski definition) is 1. The number of rotatable bonds is 2. The molecular formula is C12H24O. The SMILES string of the molecule is CC(C)C1CCCC(O)(C(C)C)C1. The van der Waals surface area contributed by atoms with E-state index in [1.807, 2.05) is 0 Å². The fourth-order valence-electron chi connectivity index (χ4n) is 2.42. The Morgan fingerprint density at radius 2 is 1.85 bits per heavy atom. The van der Waals surface area contributed by atoms with E-state index in [-0.39, 0.29) is 5.60 Å². The van der Waals surface area contributed by atoms with Crippen LogP contribution in [0.4, 0.5) is 0 Å². The molecule has 0 saturated heterocycles. The molecule has 0 aromatic rings. The molecule has 78 valence electrons. The Morgan fingerprint density at radius 3 is 2.31 bits per heavy atom. The van der Waals surface area contributed by atoms with E-state index in [0.29, 0.717) is 5.92 Å². The second-order valence-corrected chi connectivity index (χ2v) is 5.36. The Kier molecular flexibility index (Phi) is 3.39. The van der Waals surface area contributed by atoms with E-state index in [4.69, 9.17) is 0 Å². The highest BCUT2D eigenvalue weighted by atomic mass is 16.3. The molecule has 1 saturated carbocycles. The molecule has 2 unspecified atom stereocenters. The number of hydrogen-bond donors (Lipinski definition) is 1. The zero-order valence-corrected chi connectivity index (χ0v) is 9.51. The van der Waals surface area contributed by atoms with E-state index in [1.54, 1.807) is 0 Å². The summed E-state index contributed by atoms with van der Waals surface area (Å²) in [6.07, 6.45) is 4.54. The van der Waals surface area contributed by atoms with Crippen molar-refractivity contribution in [2.45, 2.75) is 59.0 Å². The van der Waals surface area contributed by atoms with Crippen molar-refractivity contribution in [1.82, 2.24) is 0 Å². The molecule has 0 bridgehead atoms. The van der Waals surface area contributed by atoms with Crippen LogP contribution in [0, 0.1) is 17.8 Å². The average Bonchev–Trinajstić information content (AvgIpc) is 2.04. The van der Waals surface area contributed by atoms with Crippen LogP contribution in [-0.2, 0) is 0 Å². The van der Waals surface area contributed by atoms with Crippen LogP contribution < -0.4 is 0 Å². The van der Waals surface area contributed by atoms with Crippen molar-refractivity contribution < 1.29 is 5.11 Å². The predicted octanol–water partition coefficient (Wildman–Crippen LogP) is 3.22. The van der Waals surface area contributed by atoms with E-state index >= 15 is 0 Å². The van der Waals surface area contributed by atoms with Gasteiger partial charge >= 0.3 is 0 Å². The van der Waals surface area contributed by atoms with E-state index in [1.165, 1.54) is 12.8 Å². The topological polar surface area (TPSA) is 20.2 Å². The van der Waals surface area contributed by atoms with Crippen molar-refractivity contribution in [3.8, 4) is 0 Å². The van der Waals surface area contributed by atoms with Gasteiger partial charge < -0.3 is 5.11 Å². The molecule has 0 amide bonds. The van der Waals surface area contributed by atoms with Crippen molar-refractivity contribution in [3.05, 3.63) is 0 Å². The van der Waals surface area contributed by atoms with Crippen molar-refractivity contribution in [2.24, 2.45) is 17.8 Å². The minimum Gasteiger partial charge on any atom is -0.390 e. The van der Waals surface area contributed by atoms with Crippen LogP contribution in [-0.4, -0.2) is 10.7 Å². The fraction of sp³-hybridized carbons (Fsp3) is 1.00. The summed E-state index contributed by atoms with van der Waals surface area (Å²) >= 11 is 0. The molecule has 2 atom stereocenters. The van der Waals surface area contributed by atoms with E-state index in [2.05, 4.69) is 27.7 Å². The van der Waals surface area contributed by atoms with Crippen LogP contribution in [0.1, 0.15) is 53.4 Å². The van der Waals surface area contributed by atoms with Gasteiger partial charge in [0.2, 0.25) is 0 Å². The van der Waals surface area contributed by atoms with Crippen LogP contribution in [0.3, 0.4) is 0 Å². The summed E-state index contributed by atoms with van der Waals surface area (Å²) < 4.78 is 0. The molecular weight excluding hydrogens is 160 g/mol. The third-order valence-corrected chi connectivity index (χ3v) is 3.82. The van der Waals surface area contributed by atoms with E-state index in [9.17, 15) is 5.11 Å². The van der Waals surface area contributed by atoms with Crippen molar-refractivity contribution >= 4 is 0 Å². The third kappa shape index (κ3) is 2.46. The molecule has 1 N–H and O–H groups in total. The van der Waals surface area contributed by atoms with Gasteiger partial charge in [0.1, 0.15) is 0 Å². The Hall–Kier alpha value is -0.0400. The summed E-state index contributed by atoms with van der Waals surface area (Å²) in [5.74, 6) is 1.88. The summed E-state index contributed by atoms with van der Waals surface area (Å²) in [4.78, 5) is 0. The highest BCUT2D eigenvalue weighted by molar-refractivity contribution is 4.89. The lowest BCUT2D eigenvalue weighted by molar-refractivity contribution is -0.0605. The maximum atomic E-state index is 10.4. The molecule has 13 heavy (non-hydrogen) atoms. The first-order valence-electron chi connectivity index (χ1n) is 5.68. The van der Waals surface area contributed by atoms with Gasteiger partial charge in [-0.2, -0.15) is 0 Å². The van der Waals surface area contributed by atoms with Crippen LogP contribution >= 0.6 is 0 Å². The lowest BCUT2D eigenvalue weighted by atomic mass is 9.69. The van der Waals surface area contributed by atoms with Crippen molar-refractivity contribution in [1.29, 1.82) is 0 Å². The third-order valence-electron chi connectivity index (χ3n) is 3.82. The molecule has 0 radical (unpaired) electrons. The zero-order valence-electron chi connectivity index (χ0n) is 9.51. The van der Waals surface area contributed by atoms with Crippen LogP contribution in [0.25, 0.3) is 0 Å². The molecule has 1 fully saturated rings. The minimum atomic E-state index is -0.368. The molecule has 0 spiro atoms. The van der Waals surface area contributed by atoms with Crippen LogP contribution in [0.5, 0.6) is 0 Å². The zero-order chi connectivity index (χ0) is 10.1. The van der Waals surface area contributed by atoms with Gasteiger partial charge in [-0.05, 0) is 37.0 Å². The monoisotopic (exact) mass is 184 g/mol. The highest BCUT2D eigenvalue weighted by Gasteiger charge is 2.37. The molecule has 1 heteroatoms. The maximum absolute atomic E-state index is 10.4. The van der Waals surface area contributed by atoms with Gasteiger partial charge in [-0.3, -0.25) is 0 Å². The predicted molar refractivity (Wildman–Crippen MR) is 56.6 cm³/mol. The fourth-order valence-corrected chi connectivity index (χ4v) is 2.42. The molecule has 1 aliphatic rings. The summed E-state index contributed by atoms with van der Waals surface area (Å²) in [5.41, 5.74) is -0.368. The Labute approximate surface area is 82.5 Å². The van der Waals surface area contributed by atoms with Gasteiger partial charge in [-0.15, -0.1) is 0 Å². The van der Waals surface area contributed by atoms with E-state index in [0.717, 1.165) is 24.7 Å². The second-order valence-electron chi connectivity index (χ2n) is 5.36. The number of aliphatic hydroxyl groups is 1. The van der Waals surface area contributed by atoms with Crippen molar-refractivity contribution in [3.63, 3.8) is 0 Å². The average molecular weight is 184 g/mol. The first kappa shape index (κ1) is 11.0. The normalized spacial score (nSPS) is 35.8. The first-order valence-corrected chi connectivity index (χ1v) is 5.68. The van der Waals surface area contributed by atoms with Gasteiger partial charge in [0.15, 0.2) is 0 Å². The minimum absolute atomic E-state index is 0.368. The maximum Gasteiger partial charge on any atom is 0.0673 e. The molecule has 0 aliphatic heterocycles. The smallest absolute Gasteiger partial charge is 0.0673 e. The highest BCUT2D eigenvalue weighted by Crippen LogP contribution is 2.40. The lowest BCUT2D eigenvalue weighted by Gasteiger charge is -2.41. The molecule has 1 aliphatic carbocycles. The molecule has 0 aromatic heterocycles. The Morgan fingerprint density at radius 1 is 1.23 bits per heavy atom. The van der Waals surface area contributed by atoms with Gasteiger partial charge in [-0.1, -0.05) is 34.1 Å². The van der Waals surface area contributed by atoms with Gasteiger partial charge in [-0.25, -0.2) is 0 Å². The van der Waals surface area contributed by atoms with Crippen LogP contribution in [0.15, 0.2) is 0 Å². The quantitative estimate of drug-likeness (QED) is 0.698. The van der Waals surface area contributed by atoms with Gasteiger partial charge in [0.05, 0.1) is 5.60 Å². The molecule has 0 aromatic carbocycles. The largest absolute Gasteiger partial charge is 0.390 e.